The van der Waals surface area contributed by atoms with E-state index in [1.54, 1.807) is 0 Å². The molecule has 0 amide bonds. The quantitative estimate of drug-likeness (QED) is 0.422. The summed E-state index contributed by atoms with van der Waals surface area (Å²) < 4.78 is 0. The Morgan fingerprint density at radius 2 is 1.30 bits per heavy atom. The van der Waals surface area contributed by atoms with E-state index in [1.807, 2.05) is 0 Å². The molecule has 0 aromatic rings. The van der Waals surface area contributed by atoms with Gasteiger partial charge in [-0.1, -0.05) is 0 Å². The molecule has 60 valence electrons. The van der Waals surface area contributed by atoms with Crippen molar-refractivity contribution in [1.82, 2.24) is 5.32 Å². The zero-order chi connectivity index (χ0) is 5.54. The zero-order valence-electron chi connectivity index (χ0n) is 6.10. The summed E-state index contributed by atoms with van der Waals surface area (Å²) in [5, 5.41) is 3.03. The molecule has 2 radical (unpaired) electrons. The molecule has 0 aliphatic rings. The van der Waals surface area contributed by atoms with Crippen molar-refractivity contribution in [2.75, 3.05) is 26.2 Å². The van der Waals surface area contributed by atoms with E-state index in [-0.39, 0.29) is 57.9 Å². The van der Waals surface area contributed by atoms with E-state index in [1.165, 1.54) is 0 Å². The number of rotatable bonds is 4. The fourth-order valence-electron chi connectivity index (χ4n) is 0.329. The molecule has 0 aliphatic heterocycles. The van der Waals surface area contributed by atoms with Gasteiger partial charge in [-0.05, 0) is 0 Å². The van der Waals surface area contributed by atoms with Crippen LogP contribution in [0.3, 0.4) is 0 Å². The number of hydrogen-bond donors (Lipinski definition) is 3. The second kappa shape index (κ2) is 22.4. The second-order valence-corrected chi connectivity index (χ2v) is 1.33. The van der Waals surface area contributed by atoms with Gasteiger partial charge in [0.2, 0.25) is 0 Å². The summed E-state index contributed by atoms with van der Waals surface area (Å²) in [6.45, 7) is 3.13. The van der Waals surface area contributed by atoms with E-state index in [0.717, 1.165) is 13.1 Å². The molecule has 0 fully saturated rings. The summed E-state index contributed by atoms with van der Waals surface area (Å²) in [5.74, 6) is 0. The first-order valence-electron chi connectivity index (χ1n) is 2.52. The Morgan fingerprint density at radius 3 is 1.50 bits per heavy atom. The number of nitrogens with one attached hydrogen (secondary N) is 1. The first-order chi connectivity index (χ1) is 3.41. The van der Waals surface area contributed by atoms with Crippen molar-refractivity contribution >= 4 is 30.6 Å². The molecule has 0 saturated carbocycles. The van der Waals surface area contributed by atoms with Crippen molar-refractivity contribution in [2.24, 2.45) is 11.5 Å². The van der Waals surface area contributed by atoms with Crippen LogP contribution in [-0.2, 0) is 27.3 Å². The van der Waals surface area contributed by atoms with Gasteiger partial charge in [-0.3, -0.25) is 0 Å². The van der Waals surface area contributed by atoms with Crippen LogP contribution in [0.25, 0.3) is 0 Å². The summed E-state index contributed by atoms with van der Waals surface area (Å²) in [5.41, 5.74) is 10.3. The fraction of sp³-hybridized carbons (Fsp3) is 1.00. The van der Waals surface area contributed by atoms with Crippen LogP contribution < -0.4 is 16.8 Å². The van der Waals surface area contributed by atoms with Gasteiger partial charge in [0.1, 0.15) is 0 Å². The third-order valence-electron chi connectivity index (χ3n) is 0.642. The van der Waals surface area contributed by atoms with Gasteiger partial charge in [-0.15, -0.1) is 0 Å². The van der Waals surface area contributed by atoms with Gasteiger partial charge in [-0.2, -0.15) is 13.5 Å². The molecule has 0 unspecified atom stereocenters. The van der Waals surface area contributed by atoms with Crippen LogP contribution >= 0.6 is 13.5 Å². The third-order valence-corrected chi connectivity index (χ3v) is 0.642. The maximum Gasteiger partial charge on any atom is 0.00750 e. The van der Waals surface area contributed by atoms with Gasteiger partial charge in [-0.25, -0.2) is 0 Å². The van der Waals surface area contributed by atoms with Crippen LogP contribution in [-0.4, -0.2) is 43.2 Å². The number of nitrogens with two attached hydrogens (primary N) is 2. The first-order valence-corrected chi connectivity index (χ1v) is 2.52. The Labute approximate surface area is 100 Å². The molecule has 0 spiro atoms. The van der Waals surface area contributed by atoms with Gasteiger partial charge in [0.15, 0.2) is 0 Å². The largest absolute Gasteiger partial charge is 0.329 e. The normalized spacial score (nSPS) is 6.60. The Morgan fingerprint density at radius 1 is 1.00 bits per heavy atom. The average molecular weight is 329 g/mol. The minimum Gasteiger partial charge on any atom is -0.329 e. The molecule has 5 N–H and O–H groups in total. The Balaban J connectivity index is -0.0000000600. The van der Waals surface area contributed by atoms with Gasteiger partial charge >= 0.3 is 0 Å². The van der Waals surface area contributed by atoms with Crippen molar-refractivity contribution < 1.29 is 27.3 Å². The monoisotopic (exact) mass is 331 g/mol. The van der Waals surface area contributed by atoms with E-state index in [9.17, 15) is 0 Å². The van der Waals surface area contributed by atoms with E-state index in [0.29, 0.717) is 13.1 Å². The molecule has 0 aromatic carbocycles. The van der Waals surface area contributed by atoms with Gasteiger partial charge in [0, 0.05) is 70.5 Å². The predicted octanol–water partition coefficient (Wildman–Crippen LogP) is -1.78. The van der Waals surface area contributed by atoms with Crippen molar-refractivity contribution in [2.45, 2.75) is 0 Å². The predicted molar refractivity (Wildman–Crippen MR) is 47.1 cm³/mol. The summed E-state index contributed by atoms with van der Waals surface area (Å²) in [6, 6.07) is 0. The maximum atomic E-state index is 5.17. The Kier molecular flexibility index (Phi) is 50.7. The van der Waals surface area contributed by atoms with Gasteiger partial charge in [0.25, 0.3) is 0 Å². The minimum atomic E-state index is 0. The molecular weight excluding hydrogens is 314 g/mol. The van der Waals surface area contributed by atoms with Crippen LogP contribution in [0.1, 0.15) is 0 Å². The smallest absolute Gasteiger partial charge is 0.00750 e. The topological polar surface area (TPSA) is 64.1 Å². The fourth-order valence-corrected chi connectivity index (χ4v) is 0.329. The molecule has 0 aliphatic carbocycles. The van der Waals surface area contributed by atoms with E-state index in [4.69, 9.17) is 11.5 Å². The van der Waals surface area contributed by atoms with Crippen molar-refractivity contribution in [3.8, 4) is 0 Å². The first kappa shape index (κ1) is 22.6. The van der Waals surface area contributed by atoms with Crippen LogP contribution in [0, 0.1) is 0 Å². The summed E-state index contributed by atoms with van der Waals surface area (Å²) in [4.78, 5) is 0. The van der Waals surface area contributed by atoms with Crippen molar-refractivity contribution in [1.29, 1.82) is 0 Å². The van der Waals surface area contributed by atoms with Crippen LogP contribution in [0.2, 0.25) is 0 Å². The summed E-state index contributed by atoms with van der Waals surface area (Å²) in [7, 11) is 0. The molecule has 0 aromatic heterocycles. The van der Waals surface area contributed by atoms with E-state index >= 15 is 0 Å². The molecule has 3 nitrogen and oxygen atoms in total. The third kappa shape index (κ3) is 22.6. The zero-order valence-corrected chi connectivity index (χ0v) is 12.8. The molecule has 0 heterocycles. The molecule has 6 heteroatoms. The Bertz CT molecular complexity index is 39.7. The van der Waals surface area contributed by atoms with E-state index < -0.39 is 0 Å². The average Bonchev–Trinajstić information content (AvgIpc) is 1.69. The van der Waals surface area contributed by atoms with E-state index in [2.05, 4.69) is 5.32 Å². The standard InChI is InChI=1S/C4H13N3.Cd.H2S.Se/c5-1-3-7-4-2-6;;;/h7H,1-6H2;;1H2;. The molecule has 0 rings (SSSR count). The van der Waals surface area contributed by atoms with Crippen LogP contribution in [0.4, 0.5) is 0 Å². The minimum absolute atomic E-state index is 0. The molecule has 0 saturated heterocycles. The second-order valence-electron chi connectivity index (χ2n) is 1.33. The SMILES string of the molecule is NCCNCCN.S.[Cd].[Se]. The summed E-state index contributed by atoms with van der Waals surface area (Å²) >= 11 is 0. The van der Waals surface area contributed by atoms with Gasteiger partial charge < -0.3 is 16.8 Å². The number of hydrogen-bond acceptors (Lipinski definition) is 3. The van der Waals surface area contributed by atoms with Crippen LogP contribution in [0.5, 0.6) is 0 Å². The van der Waals surface area contributed by atoms with Gasteiger partial charge in [0.05, 0.1) is 0 Å². The maximum absolute atomic E-state index is 5.17. The van der Waals surface area contributed by atoms with Crippen molar-refractivity contribution in [3.63, 3.8) is 0 Å². The van der Waals surface area contributed by atoms with Crippen molar-refractivity contribution in [3.05, 3.63) is 0 Å². The molecule has 0 atom stereocenters. The molecule has 10 heavy (non-hydrogen) atoms. The van der Waals surface area contributed by atoms with Crippen LogP contribution in [0.15, 0.2) is 0 Å². The summed E-state index contributed by atoms with van der Waals surface area (Å²) in [6.07, 6.45) is 0. The molecular formula is C4H15CdN3SSe. The molecule has 0 bridgehead atoms. The Hall–Kier alpha value is 1.67.